The third-order valence-electron chi connectivity index (χ3n) is 7.39. The van der Waals surface area contributed by atoms with Gasteiger partial charge in [-0.2, -0.15) is 0 Å². The molecule has 5 heterocycles. The Balaban J connectivity index is 1.45. The Labute approximate surface area is 167 Å². The normalized spacial score (nSPS) is 32.8. The zero-order chi connectivity index (χ0) is 19.3. The fourth-order valence-electron chi connectivity index (χ4n) is 5.87. The van der Waals surface area contributed by atoms with E-state index in [2.05, 4.69) is 40.7 Å². The first-order valence-corrected chi connectivity index (χ1v) is 10.8. The molecule has 0 N–H and O–H groups in total. The summed E-state index contributed by atoms with van der Waals surface area (Å²) in [6.45, 7) is 10.1. The molecule has 1 aromatic carbocycles. The van der Waals surface area contributed by atoms with E-state index in [-0.39, 0.29) is 0 Å². The molecule has 1 amide bonds. The van der Waals surface area contributed by atoms with E-state index in [1.165, 1.54) is 31.5 Å². The van der Waals surface area contributed by atoms with Crippen LogP contribution in [0.1, 0.15) is 38.2 Å². The molecule has 5 aliphatic heterocycles. The first-order chi connectivity index (χ1) is 13.7. The highest BCUT2D eigenvalue weighted by molar-refractivity contribution is 5.79. The van der Waals surface area contributed by atoms with E-state index in [1.807, 2.05) is 6.07 Å². The lowest BCUT2D eigenvalue weighted by Gasteiger charge is -2.51. The molecule has 0 radical (unpaired) electrons. The maximum Gasteiger partial charge on any atom is 0.237 e. The Morgan fingerprint density at radius 1 is 1.11 bits per heavy atom. The van der Waals surface area contributed by atoms with Crippen LogP contribution in [0.5, 0.6) is 11.5 Å². The van der Waals surface area contributed by atoms with Crippen molar-refractivity contribution in [3.63, 3.8) is 0 Å². The molecule has 6 heteroatoms. The van der Waals surface area contributed by atoms with Crippen molar-refractivity contribution in [3.8, 4) is 11.5 Å². The van der Waals surface area contributed by atoms with E-state index in [0.717, 1.165) is 31.1 Å². The molecule has 0 unspecified atom stereocenters. The molecule has 6 nitrogen and oxygen atoms in total. The number of nitrogens with zero attached hydrogens (tertiary/aromatic N) is 3. The van der Waals surface area contributed by atoms with Crippen LogP contribution < -0.4 is 9.47 Å². The summed E-state index contributed by atoms with van der Waals surface area (Å²) in [4.78, 5) is 20.4. The second-order valence-corrected chi connectivity index (χ2v) is 8.58. The predicted octanol–water partition coefficient (Wildman–Crippen LogP) is 2.15. The van der Waals surface area contributed by atoms with Crippen molar-refractivity contribution in [1.29, 1.82) is 0 Å². The molecule has 0 spiro atoms. The summed E-state index contributed by atoms with van der Waals surface area (Å²) in [6, 6.07) is 7.15. The van der Waals surface area contributed by atoms with Crippen molar-refractivity contribution in [1.82, 2.24) is 14.7 Å². The van der Waals surface area contributed by atoms with Crippen LogP contribution in [0, 0.1) is 5.92 Å². The maximum atomic E-state index is 13.3. The number of likely N-dealkylation sites (N-methyl/N-ethyl adjacent to an activating group) is 1. The topological polar surface area (TPSA) is 45.3 Å². The second-order valence-electron chi connectivity index (χ2n) is 8.58. The van der Waals surface area contributed by atoms with Gasteiger partial charge >= 0.3 is 0 Å². The Kier molecular flexibility index (Phi) is 4.71. The van der Waals surface area contributed by atoms with Crippen molar-refractivity contribution in [3.05, 3.63) is 23.8 Å². The van der Waals surface area contributed by atoms with E-state index in [4.69, 9.17) is 9.47 Å². The molecule has 4 saturated heterocycles. The molecule has 4 fully saturated rings. The van der Waals surface area contributed by atoms with Crippen LogP contribution in [0.15, 0.2) is 18.2 Å². The lowest BCUT2D eigenvalue weighted by Crippen LogP contribution is -2.61. The number of ether oxygens (including phenoxy) is 2. The number of hydrogen-bond donors (Lipinski definition) is 0. The smallest absolute Gasteiger partial charge is 0.237 e. The fraction of sp³-hybridized carbons (Fsp3) is 0.682. The summed E-state index contributed by atoms with van der Waals surface area (Å²) < 4.78 is 11.1. The number of benzene rings is 1. The number of likely N-dealkylation sites (tertiary alicyclic amines) is 1. The second kappa shape index (κ2) is 7.23. The molecule has 3 atom stereocenters. The zero-order valence-corrected chi connectivity index (χ0v) is 17.0. The van der Waals surface area contributed by atoms with E-state index >= 15 is 0 Å². The van der Waals surface area contributed by atoms with Crippen LogP contribution in [0.2, 0.25) is 0 Å². The number of carbonyl (C=O) groups is 1. The number of fused-ring (bicyclic) bond motifs is 3. The molecule has 28 heavy (non-hydrogen) atoms. The highest BCUT2D eigenvalue weighted by Crippen LogP contribution is 2.47. The largest absolute Gasteiger partial charge is 0.454 e. The van der Waals surface area contributed by atoms with Crippen molar-refractivity contribution >= 4 is 5.91 Å². The number of amides is 1. The summed E-state index contributed by atoms with van der Waals surface area (Å²) in [7, 11) is 0. The summed E-state index contributed by atoms with van der Waals surface area (Å²) in [5, 5.41) is 0. The van der Waals surface area contributed by atoms with Crippen LogP contribution in [-0.2, 0) is 4.79 Å². The van der Waals surface area contributed by atoms with Gasteiger partial charge in [0.15, 0.2) is 11.5 Å². The van der Waals surface area contributed by atoms with E-state index in [0.29, 0.717) is 43.2 Å². The SMILES string of the molecule is CCN(CC)CC(=O)N1C[C@@H](c2ccc3c(c2)OCO3)[C@@H]2[C@H]1C1CCN2CC1. The molecule has 0 saturated carbocycles. The minimum absolute atomic E-state index is 0.302. The highest BCUT2D eigenvalue weighted by Gasteiger charge is 2.54. The zero-order valence-electron chi connectivity index (χ0n) is 17.0. The molecule has 0 aromatic heterocycles. The molecule has 1 aromatic rings. The molecule has 0 aliphatic carbocycles. The maximum absolute atomic E-state index is 13.3. The van der Waals surface area contributed by atoms with Gasteiger partial charge in [0, 0.05) is 18.5 Å². The van der Waals surface area contributed by atoms with E-state index in [1.54, 1.807) is 0 Å². The van der Waals surface area contributed by atoms with Gasteiger partial charge in [0.1, 0.15) is 0 Å². The molecule has 6 rings (SSSR count). The van der Waals surface area contributed by atoms with Gasteiger partial charge in [0.2, 0.25) is 12.7 Å². The predicted molar refractivity (Wildman–Crippen MR) is 107 cm³/mol. The summed E-state index contributed by atoms with van der Waals surface area (Å²) in [5.74, 6) is 2.98. The number of rotatable bonds is 5. The standard InChI is InChI=1S/C22H31N3O3/c1-3-23(4-2)13-20(26)25-12-17(16-5-6-18-19(11-16)28-14-27-18)22-21(25)15-7-9-24(22)10-8-15/h5-6,11,15,17,21-22H,3-4,7-10,12-14H2,1-2H3/t17-,21+,22+/m0/s1. The van der Waals surface area contributed by atoms with Crippen LogP contribution in [-0.4, -0.2) is 78.8 Å². The van der Waals surface area contributed by atoms with Gasteiger partial charge in [0.05, 0.1) is 12.6 Å². The first-order valence-electron chi connectivity index (χ1n) is 10.8. The van der Waals surface area contributed by atoms with Crippen LogP contribution in [0.3, 0.4) is 0 Å². The minimum Gasteiger partial charge on any atom is -0.454 e. The van der Waals surface area contributed by atoms with Crippen molar-refractivity contribution in [2.45, 2.75) is 44.7 Å². The monoisotopic (exact) mass is 385 g/mol. The number of carbonyl (C=O) groups excluding carboxylic acids is 1. The van der Waals surface area contributed by atoms with Crippen LogP contribution >= 0.6 is 0 Å². The van der Waals surface area contributed by atoms with Crippen LogP contribution in [0.25, 0.3) is 0 Å². The average molecular weight is 386 g/mol. The Morgan fingerprint density at radius 2 is 1.86 bits per heavy atom. The Morgan fingerprint density at radius 3 is 2.61 bits per heavy atom. The fourth-order valence-corrected chi connectivity index (χ4v) is 5.87. The average Bonchev–Trinajstić information content (AvgIpc) is 3.38. The molecule has 152 valence electrons. The van der Waals surface area contributed by atoms with E-state index in [9.17, 15) is 4.79 Å². The quantitative estimate of drug-likeness (QED) is 0.777. The van der Waals surface area contributed by atoms with Gasteiger partial charge in [-0.25, -0.2) is 0 Å². The summed E-state index contributed by atoms with van der Waals surface area (Å²) >= 11 is 0. The van der Waals surface area contributed by atoms with Crippen molar-refractivity contribution < 1.29 is 14.3 Å². The van der Waals surface area contributed by atoms with Gasteiger partial charge < -0.3 is 14.4 Å². The van der Waals surface area contributed by atoms with Gasteiger partial charge in [-0.05, 0) is 62.6 Å². The number of piperidine rings is 3. The van der Waals surface area contributed by atoms with Gasteiger partial charge in [-0.1, -0.05) is 19.9 Å². The Bertz CT molecular complexity index is 743. The lowest BCUT2D eigenvalue weighted by molar-refractivity contribution is -0.137. The summed E-state index contributed by atoms with van der Waals surface area (Å²) in [5.41, 5.74) is 1.28. The van der Waals surface area contributed by atoms with Gasteiger partial charge in [0.25, 0.3) is 0 Å². The van der Waals surface area contributed by atoms with Crippen molar-refractivity contribution in [2.75, 3.05) is 46.1 Å². The minimum atomic E-state index is 0.302. The third kappa shape index (κ3) is 2.89. The van der Waals surface area contributed by atoms with E-state index < -0.39 is 0 Å². The molecular formula is C22H31N3O3. The first kappa shape index (κ1) is 18.3. The highest BCUT2D eigenvalue weighted by atomic mass is 16.7. The van der Waals surface area contributed by atoms with Crippen LogP contribution in [0.4, 0.5) is 0 Å². The van der Waals surface area contributed by atoms with Gasteiger partial charge in [-0.15, -0.1) is 0 Å². The van der Waals surface area contributed by atoms with Gasteiger partial charge in [-0.3, -0.25) is 14.6 Å². The Hall–Kier alpha value is -1.79. The number of hydrogen-bond acceptors (Lipinski definition) is 5. The molecule has 2 bridgehead atoms. The van der Waals surface area contributed by atoms with Crippen molar-refractivity contribution in [2.24, 2.45) is 5.92 Å². The summed E-state index contributed by atoms with van der Waals surface area (Å²) in [6.07, 6.45) is 2.45. The molecule has 5 aliphatic rings. The lowest BCUT2D eigenvalue weighted by atomic mass is 9.75. The third-order valence-corrected chi connectivity index (χ3v) is 7.39. The molecular weight excluding hydrogens is 354 g/mol.